The quantitative estimate of drug-likeness (QED) is 0.763. The third kappa shape index (κ3) is 2.21. The van der Waals surface area contributed by atoms with Gasteiger partial charge in [0.2, 0.25) is 0 Å². The molecule has 0 spiro atoms. The van der Waals surface area contributed by atoms with E-state index >= 15 is 0 Å². The maximum atomic E-state index is 12.8. The third-order valence-electron chi connectivity index (χ3n) is 4.73. The lowest BCUT2D eigenvalue weighted by atomic mass is 10.1. The molecular weight excluding hydrogens is 290 g/mol. The van der Waals surface area contributed by atoms with Crippen LogP contribution in [0.2, 0.25) is 0 Å². The number of nitrogens with one attached hydrogen (secondary N) is 2. The van der Waals surface area contributed by atoms with Crippen molar-refractivity contribution >= 4 is 16.9 Å². The number of aromatic nitrogens is 4. The second kappa shape index (κ2) is 5.22. The Bertz CT molecular complexity index is 861. The predicted molar refractivity (Wildman–Crippen MR) is 90.1 cm³/mol. The van der Waals surface area contributed by atoms with Gasteiger partial charge >= 0.3 is 0 Å². The zero-order valence-electron chi connectivity index (χ0n) is 13.2. The number of carbonyl (C=O) groups excluding carboxylic acids is 1. The van der Waals surface area contributed by atoms with Crippen LogP contribution in [0.5, 0.6) is 0 Å². The van der Waals surface area contributed by atoms with Crippen LogP contribution in [0.3, 0.4) is 0 Å². The fourth-order valence-electron chi connectivity index (χ4n) is 3.49. The minimum Gasteiger partial charge on any atom is -0.357 e. The van der Waals surface area contributed by atoms with Crippen LogP contribution in [0, 0.1) is 0 Å². The molecule has 0 aliphatic carbocycles. The van der Waals surface area contributed by atoms with Gasteiger partial charge in [-0.25, -0.2) is 9.97 Å². The molecule has 0 radical (unpaired) electrons. The summed E-state index contributed by atoms with van der Waals surface area (Å²) >= 11 is 0. The Hall–Kier alpha value is -2.63. The summed E-state index contributed by atoms with van der Waals surface area (Å²) in [7, 11) is 0. The van der Waals surface area contributed by atoms with E-state index in [0.717, 1.165) is 35.1 Å². The molecule has 3 aromatic rings. The minimum absolute atomic E-state index is 0. The second-order valence-corrected chi connectivity index (χ2v) is 6.25. The van der Waals surface area contributed by atoms with Crippen LogP contribution >= 0.6 is 0 Å². The Morgan fingerprint density at radius 2 is 2.04 bits per heavy atom. The van der Waals surface area contributed by atoms with Gasteiger partial charge < -0.3 is 14.9 Å². The van der Waals surface area contributed by atoms with E-state index in [1.165, 1.54) is 6.33 Å². The first-order valence-corrected chi connectivity index (χ1v) is 7.94. The molecule has 1 fully saturated rings. The van der Waals surface area contributed by atoms with Crippen LogP contribution in [0.25, 0.3) is 22.3 Å². The lowest BCUT2D eigenvalue weighted by Crippen LogP contribution is -2.38. The van der Waals surface area contributed by atoms with E-state index in [-0.39, 0.29) is 7.33 Å². The molecule has 1 amide bonds. The Labute approximate surface area is 135 Å². The van der Waals surface area contributed by atoms with Crippen molar-refractivity contribution in [2.45, 2.75) is 38.8 Å². The maximum absolute atomic E-state index is 12.8. The highest BCUT2D eigenvalue weighted by molar-refractivity contribution is 5.96. The molecule has 2 N–H and O–H groups in total. The van der Waals surface area contributed by atoms with Crippen molar-refractivity contribution in [3.63, 3.8) is 0 Å². The van der Waals surface area contributed by atoms with Crippen LogP contribution in [0.4, 0.5) is 0 Å². The molecular formula is C17H21N5O. The first-order chi connectivity index (χ1) is 11.1. The highest BCUT2D eigenvalue weighted by Gasteiger charge is 2.32. The van der Waals surface area contributed by atoms with Crippen molar-refractivity contribution in [3.05, 3.63) is 36.5 Å². The Balaban J connectivity index is 0.00000169. The largest absolute Gasteiger partial charge is 0.357 e. The van der Waals surface area contributed by atoms with E-state index in [2.05, 4.69) is 33.8 Å². The van der Waals surface area contributed by atoms with Crippen molar-refractivity contribution in [1.82, 2.24) is 24.8 Å². The number of aromatic amines is 2. The van der Waals surface area contributed by atoms with Gasteiger partial charge in [-0.05, 0) is 38.8 Å². The second-order valence-electron chi connectivity index (χ2n) is 6.25. The van der Waals surface area contributed by atoms with Gasteiger partial charge in [-0.2, -0.15) is 0 Å². The van der Waals surface area contributed by atoms with Crippen LogP contribution in [0.15, 0.2) is 30.9 Å². The summed E-state index contributed by atoms with van der Waals surface area (Å²) in [6, 6.07) is 4.41. The Kier molecular flexibility index (Phi) is 3.18. The predicted octanol–water partition coefficient (Wildman–Crippen LogP) is 3.21. The van der Waals surface area contributed by atoms with Gasteiger partial charge in [0.1, 0.15) is 17.7 Å². The number of fused-ring (bicyclic) bond motifs is 1. The van der Waals surface area contributed by atoms with Gasteiger partial charge in [-0.3, -0.25) is 4.79 Å². The molecule has 23 heavy (non-hydrogen) atoms. The summed E-state index contributed by atoms with van der Waals surface area (Å²) in [6.07, 6.45) is 7.35. The van der Waals surface area contributed by atoms with E-state index < -0.39 is 0 Å². The molecule has 6 nitrogen and oxygen atoms in total. The van der Waals surface area contributed by atoms with Gasteiger partial charge in [0.05, 0.1) is 5.69 Å². The number of likely N-dealkylation sites (tertiary alicyclic amines) is 1. The lowest BCUT2D eigenvalue weighted by Gasteiger charge is -2.25. The van der Waals surface area contributed by atoms with E-state index in [4.69, 9.17) is 0 Å². The fraction of sp³-hybridized carbons (Fsp3) is 0.353. The van der Waals surface area contributed by atoms with E-state index in [1.54, 1.807) is 0 Å². The molecule has 0 bridgehead atoms. The van der Waals surface area contributed by atoms with Crippen LogP contribution in [-0.4, -0.2) is 42.8 Å². The van der Waals surface area contributed by atoms with Gasteiger partial charge in [-0.15, -0.1) is 0 Å². The maximum Gasteiger partial charge on any atom is 0.270 e. The molecule has 2 atom stereocenters. The summed E-state index contributed by atoms with van der Waals surface area (Å²) in [4.78, 5) is 29.5. The lowest BCUT2D eigenvalue weighted by molar-refractivity contribution is 0.0687. The SMILES string of the molecule is C[C@@H]1CC[C@H](C)N1C(=O)c1cc(-c2ncnc3[nH]ccc23)c[nH]1.[HH]. The number of H-pyrrole nitrogens is 2. The third-order valence-corrected chi connectivity index (χ3v) is 4.73. The number of rotatable bonds is 2. The smallest absolute Gasteiger partial charge is 0.270 e. The van der Waals surface area contributed by atoms with Crippen molar-refractivity contribution < 1.29 is 6.22 Å². The molecule has 1 aliphatic heterocycles. The molecule has 0 unspecified atom stereocenters. The number of amides is 1. The van der Waals surface area contributed by atoms with Gasteiger partial charge in [0.25, 0.3) is 5.91 Å². The number of hydrogen-bond donors (Lipinski definition) is 2. The minimum atomic E-state index is 0. The number of hydrogen-bond acceptors (Lipinski definition) is 3. The normalized spacial score (nSPS) is 21.2. The number of nitrogens with zero attached hydrogens (tertiary/aromatic N) is 3. The van der Waals surface area contributed by atoms with Crippen LogP contribution in [-0.2, 0) is 0 Å². The molecule has 3 aromatic heterocycles. The topological polar surface area (TPSA) is 77.7 Å². The number of carbonyl (C=O) groups is 1. The van der Waals surface area contributed by atoms with E-state index in [1.807, 2.05) is 29.4 Å². The fourth-order valence-corrected chi connectivity index (χ4v) is 3.49. The highest BCUT2D eigenvalue weighted by Crippen LogP contribution is 2.28. The van der Waals surface area contributed by atoms with Gasteiger partial charge in [-0.1, -0.05) is 0 Å². The molecule has 1 saturated heterocycles. The van der Waals surface area contributed by atoms with Crippen LogP contribution in [0.1, 0.15) is 38.6 Å². The van der Waals surface area contributed by atoms with Crippen molar-refractivity contribution in [2.24, 2.45) is 0 Å². The Morgan fingerprint density at radius 1 is 1.26 bits per heavy atom. The summed E-state index contributed by atoms with van der Waals surface area (Å²) in [5.74, 6) is 0.0631. The van der Waals surface area contributed by atoms with Gasteiger partial charge in [0, 0.05) is 36.9 Å². The average molecular weight is 311 g/mol. The zero-order chi connectivity index (χ0) is 16.0. The molecule has 1 aliphatic rings. The first kappa shape index (κ1) is 14.0. The average Bonchev–Trinajstić information content (AvgIpc) is 3.26. The molecule has 4 rings (SSSR count). The Morgan fingerprint density at radius 3 is 2.83 bits per heavy atom. The van der Waals surface area contributed by atoms with Crippen molar-refractivity contribution in [2.75, 3.05) is 0 Å². The zero-order valence-corrected chi connectivity index (χ0v) is 13.2. The summed E-state index contributed by atoms with van der Waals surface area (Å²) in [6.45, 7) is 4.22. The first-order valence-electron chi connectivity index (χ1n) is 7.94. The summed E-state index contributed by atoms with van der Waals surface area (Å²) in [5.41, 5.74) is 3.14. The standard InChI is InChI=1S/C17H19N5O.H2/c1-10-3-4-11(2)22(10)17(23)14-7-12(8-19-14)15-13-5-6-18-16(13)21-9-20-15;/h5-11,19H,3-4H2,1-2H3,(H,18,20,21);1H/t10-,11+;. The van der Waals surface area contributed by atoms with Crippen molar-refractivity contribution in [1.29, 1.82) is 0 Å². The monoisotopic (exact) mass is 311 g/mol. The van der Waals surface area contributed by atoms with Crippen molar-refractivity contribution in [3.8, 4) is 11.3 Å². The molecule has 0 saturated carbocycles. The van der Waals surface area contributed by atoms with E-state index in [0.29, 0.717) is 17.8 Å². The summed E-state index contributed by atoms with van der Waals surface area (Å²) < 4.78 is 0. The van der Waals surface area contributed by atoms with Gasteiger partial charge in [0.15, 0.2) is 0 Å². The molecule has 0 aromatic carbocycles. The highest BCUT2D eigenvalue weighted by atomic mass is 16.2. The van der Waals surface area contributed by atoms with E-state index in [9.17, 15) is 4.79 Å². The summed E-state index contributed by atoms with van der Waals surface area (Å²) in [5, 5.41) is 0.952. The molecule has 6 heteroatoms. The molecule has 4 heterocycles. The molecule has 120 valence electrons. The van der Waals surface area contributed by atoms with Crippen LogP contribution < -0.4 is 0 Å².